The number of amides is 2. The lowest BCUT2D eigenvalue weighted by Gasteiger charge is -2.17. The summed E-state index contributed by atoms with van der Waals surface area (Å²) < 4.78 is 1.63. The Kier molecular flexibility index (Phi) is 5.24. The lowest BCUT2D eigenvalue weighted by molar-refractivity contribution is -0.130. The van der Waals surface area contributed by atoms with Gasteiger partial charge in [0.2, 0.25) is 5.91 Å². The van der Waals surface area contributed by atoms with Crippen LogP contribution < -0.4 is 5.32 Å². The molecule has 0 unspecified atom stereocenters. The third-order valence-electron chi connectivity index (χ3n) is 3.31. The lowest BCUT2D eigenvalue weighted by Crippen LogP contribution is -2.27. The largest absolute Gasteiger partial charge is 0.355 e. The Morgan fingerprint density at radius 3 is 2.59 bits per heavy atom. The molecule has 0 saturated heterocycles. The van der Waals surface area contributed by atoms with Gasteiger partial charge in [-0.05, 0) is 17.7 Å². The molecule has 0 aliphatic heterocycles. The highest BCUT2D eigenvalue weighted by atomic mass is 16.2. The molecule has 2 rings (SSSR count). The van der Waals surface area contributed by atoms with Gasteiger partial charge in [0.15, 0.2) is 0 Å². The van der Waals surface area contributed by atoms with Gasteiger partial charge in [0.05, 0.1) is 6.54 Å². The summed E-state index contributed by atoms with van der Waals surface area (Å²) in [4.78, 5) is 29.0. The zero-order valence-electron chi connectivity index (χ0n) is 12.7. The van der Waals surface area contributed by atoms with E-state index in [2.05, 4.69) is 15.4 Å². The van der Waals surface area contributed by atoms with Crippen LogP contribution in [0.2, 0.25) is 0 Å². The molecule has 0 radical (unpaired) electrons. The van der Waals surface area contributed by atoms with E-state index in [4.69, 9.17) is 0 Å². The van der Waals surface area contributed by atoms with Gasteiger partial charge in [0.25, 0.3) is 5.91 Å². The summed E-state index contributed by atoms with van der Waals surface area (Å²) in [6, 6.07) is 7.21. The molecule has 1 aromatic heterocycles. The van der Waals surface area contributed by atoms with Gasteiger partial charge >= 0.3 is 0 Å². The van der Waals surface area contributed by atoms with E-state index in [0.717, 1.165) is 5.56 Å². The van der Waals surface area contributed by atoms with Crippen LogP contribution in [0.4, 0.5) is 0 Å². The SMILES string of the molecule is CNC(=O)c1ccc(CN(C)C(=O)CCn2cncn2)cc1. The van der Waals surface area contributed by atoms with Gasteiger partial charge in [-0.15, -0.1) is 0 Å². The van der Waals surface area contributed by atoms with E-state index in [-0.39, 0.29) is 11.8 Å². The van der Waals surface area contributed by atoms with E-state index in [9.17, 15) is 9.59 Å². The highest BCUT2D eigenvalue weighted by molar-refractivity contribution is 5.93. The van der Waals surface area contributed by atoms with Crippen molar-refractivity contribution in [3.05, 3.63) is 48.0 Å². The first-order chi connectivity index (χ1) is 10.6. The highest BCUT2D eigenvalue weighted by Crippen LogP contribution is 2.08. The van der Waals surface area contributed by atoms with Crippen molar-refractivity contribution in [2.45, 2.75) is 19.5 Å². The minimum Gasteiger partial charge on any atom is -0.355 e. The van der Waals surface area contributed by atoms with Gasteiger partial charge in [-0.1, -0.05) is 12.1 Å². The number of nitrogens with one attached hydrogen (secondary N) is 1. The molecule has 0 bridgehead atoms. The zero-order valence-corrected chi connectivity index (χ0v) is 12.7. The third-order valence-corrected chi connectivity index (χ3v) is 3.31. The number of nitrogens with zero attached hydrogens (tertiary/aromatic N) is 4. The fraction of sp³-hybridized carbons (Fsp3) is 0.333. The Bertz CT molecular complexity index is 622. The van der Waals surface area contributed by atoms with Gasteiger partial charge in [0, 0.05) is 32.6 Å². The molecule has 0 fully saturated rings. The van der Waals surface area contributed by atoms with Gasteiger partial charge < -0.3 is 10.2 Å². The standard InChI is InChI=1S/C15H19N5O2/c1-16-15(22)13-5-3-12(4-6-13)9-19(2)14(21)7-8-20-11-17-10-18-20/h3-6,10-11H,7-9H2,1-2H3,(H,16,22). The molecule has 0 saturated carbocycles. The van der Waals surface area contributed by atoms with E-state index in [1.54, 1.807) is 42.1 Å². The fourth-order valence-electron chi connectivity index (χ4n) is 2.02. The van der Waals surface area contributed by atoms with Crippen molar-refractivity contribution < 1.29 is 9.59 Å². The minimum atomic E-state index is -0.121. The second-order valence-corrected chi connectivity index (χ2v) is 4.93. The number of aromatic nitrogens is 3. The molecule has 0 spiro atoms. The van der Waals surface area contributed by atoms with Crippen LogP contribution in [0, 0.1) is 0 Å². The average Bonchev–Trinajstić information content (AvgIpc) is 3.06. The molecular formula is C15H19N5O2. The normalized spacial score (nSPS) is 10.3. The molecule has 7 heteroatoms. The van der Waals surface area contributed by atoms with Crippen LogP contribution in [0.1, 0.15) is 22.3 Å². The van der Waals surface area contributed by atoms with Crippen molar-refractivity contribution in [1.82, 2.24) is 25.0 Å². The van der Waals surface area contributed by atoms with Crippen LogP contribution in [0.15, 0.2) is 36.9 Å². The molecule has 116 valence electrons. The van der Waals surface area contributed by atoms with Crippen LogP contribution >= 0.6 is 0 Å². The van der Waals surface area contributed by atoms with Gasteiger partial charge in [-0.25, -0.2) is 4.98 Å². The fourth-order valence-corrected chi connectivity index (χ4v) is 2.02. The molecule has 2 aromatic rings. The first-order valence-electron chi connectivity index (χ1n) is 6.97. The summed E-state index contributed by atoms with van der Waals surface area (Å²) in [6.07, 6.45) is 3.41. The Morgan fingerprint density at radius 1 is 1.27 bits per heavy atom. The first-order valence-corrected chi connectivity index (χ1v) is 6.97. The van der Waals surface area contributed by atoms with E-state index in [0.29, 0.717) is 25.1 Å². The Morgan fingerprint density at radius 2 is 2.00 bits per heavy atom. The van der Waals surface area contributed by atoms with E-state index in [1.807, 2.05) is 12.1 Å². The second kappa shape index (κ2) is 7.35. The lowest BCUT2D eigenvalue weighted by atomic mass is 10.1. The van der Waals surface area contributed by atoms with Crippen molar-refractivity contribution in [3.8, 4) is 0 Å². The summed E-state index contributed by atoms with van der Waals surface area (Å²) in [7, 11) is 3.36. The molecule has 1 aromatic carbocycles. The van der Waals surface area contributed by atoms with Crippen LogP contribution in [0.25, 0.3) is 0 Å². The highest BCUT2D eigenvalue weighted by Gasteiger charge is 2.10. The molecule has 7 nitrogen and oxygen atoms in total. The maximum atomic E-state index is 12.1. The molecular weight excluding hydrogens is 282 g/mol. The minimum absolute atomic E-state index is 0.0332. The number of carbonyl (C=O) groups excluding carboxylic acids is 2. The maximum Gasteiger partial charge on any atom is 0.251 e. The second-order valence-electron chi connectivity index (χ2n) is 4.93. The predicted molar refractivity (Wildman–Crippen MR) is 80.9 cm³/mol. The smallest absolute Gasteiger partial charge is 0.251 e. The van der Waals surface area contributed by atoms with Crippen molar-refractivity contribution in [2.24, 2.45) is 0 Å². The molecule has 0 atom stereocenters. The molecule has 22 heavy (non-hydrogen) atoms. The van der Waals surface area contributed by atoms with E-state index in [1.165, 1.54) is 6.33 Å². The molecule has 1 N–H and O–H groups in total. The summed E-state index contributed by atoms with van der Waals surface area (Å²) in [5.74, 6) is -0.0882. The number of hydrogen-bond donors (Lipinski definition) is 1. The van der Waals surface area contributed by atoms with E-state index < -0.39 is 0 Å². The van der Waals surface area contributed by atoms with Crippen molar-refractivity contribution in [1.29, 1.82) is 0 Å². The summed E-state index contributed by atoms with van der Waals surface area (Å²) >= 11 is 0. The number of hydrogen-bond acceptors (Lipinski definition) is 4. The van der Waals surface area contributed by atoms with Crippen molar-refractivity contribution in [3.63, 3.8) is 0 Å². The Hall–Kier alpha value is -2.70. The number of rotatable bonds is 6. The topological polar surface area (TPSA) is 80.1 Å². The summed E-state index contributed by atoms with van der Waals surface area (Å²) in [6.45, 7) is 1.02. The monoisotopic (exact) mass is 301 g/mol. The summed E-state index contributed by atoms with van der Waals surface area (Å²) in [5.41, 5.74) is 1.58. The number of aryl methyl sites for hydroxylation is 1. The van der Waals surface area contributed by atoms with Crippen LogP contribution in [-0.2, 0) is 17.9 Å². The van der Waals surface area contributed by atoms with Crippen molar-refractivity contribution >= 4 is 11.8 Å². The quantitative estimate of drug-likeness (QED) is 0.851. The average molecular weight is 301 g/mol. The first kappa shape index (κ1) is 15.7. The Labute approximate surface area is 129 Å². The van der Waals surface area contributed by atoms with Crippen LogP contribution in [0.3, 0.4) is 0 Å². The predicted octanol–water partition coefficient (Wildman–Crippen LogP) is 0.686. The van der Waals surface area contributed by atoms with Gasteiger partial charge in [-0.3, -0.25) is 14.3 Å². The molecule has 0 aliphatic carbocycles. The van der Waals surface area contributed by atoms with Crippen LogP contribution in [0.5, 0.6) is 0 Å². The molecule has 1 heterocycles. The van der Waals surface area contributed by atoms with E-state index >= 15 is 0 Å². The molecule has 0 aliphatic rings. The van der Waals surface area contributed by atoms with Crippen molar-refractivity contribution in [2.75, 3.05) is 14.1 Å². The van der Waals surface area contributed by atoms with Gasteiger partial charge in [-0.2, -0.15) is 5.10 Å². The van der Waals surface area contributed by atoms with Gasteiger partial charge in [0.1, 0.15) is 12.7 Å². The summed E-state index contributed by atoms with van der Waals surface area (Å²) in [5, 5.41) is 6.54. The van der Waals surface area contributed by atoms with Crippen LogP contribution in [-0.4, -0.2) is 45.6 Å². The Balaban J connectivity index is 1.86. The third kappa shape index (κ3) is 4.15. The zero-order chi connectivity index (χ0) is 15.9. The molecule has 2 amide bonds. The number of carbonyl (C=O) groups is 2. The number of benzene rings is 1. The maximum absolute atomic E-state index is 12.1.